The van der Waals surface area contributed by atoms with Gasteiger partial charge in [-0.2, -0.15) is 9.78 Å². The van der Waals surface area contributed by atoms with Gasteiger partial charge in [0.15, 0.2) is 5.76 Å². The highest BCUT2D eigenvalue weighted by Gasteiger charge is 2.17. The lowest BCUT2D eigenvalue weighted by Gasteiger charge is -2.10. The van der Waals surface area contributed by atoms with Gasteiger partial charge in [-0.1, -0.05) is 29.8 Å². The van der Waals surface area contributed by atoms with Crippen LogP contribution < -0.4 is 5.56 Å². The van der Waals surface area contributed by atoms with E-state index in [-0.39, 0.29) is 5.56 Å². The molecule has 0 atom stereocenters. The first kappa shape index (κ1) is 22.1. The molecule has 0 aliphatic rings. The van der Waals surface area contributed by atoms with E-state index in [9.17, 15) is 4.79 Å². The van der Waals surface area contributed by atoms with E-state index in [1.807, 2.05) is 47.2 Å². The van der Waals surface area contributed by atoms with E-state index in [0.717, 1.165) is 16.8 Å². The Morgan fingerprint density at radius 2 is 1.81 bits per heavy atom. The minimum absolute atomic E-state index is 0.283. The van der Waals surface area contributed by atoms with Gasteiger partial charge >= 0.3 is 0 Å². The molecule has 6 rings (SSSR count). The van der Waals surface area contributed by atoms with Crippen LogP contribution in [-0.2, 0) is 0 Å². The molecule has 0 bridgehead atoms. The van der Waals surface area contributed by atoms with E-state index in [1.54, 1.807) is 30.5 Å². The number of halogens is 1. The van der Waals surface area contributed by atoms with Crippen molar-refractivity contribution in [2.75, 3.05) is 0 Å². The maximum Gasteiger partial charge on any atom is 0.282 e. The molecule has 0 unspecified atom stereocenters. The molecular formula is C29H21ClN4O2. The zero-order valence-electron chi connectivity index (χ0n) is 19.6. The number of hydrogen-bond acceptors (Lipinski definition) is 4. The number of benzene rings is 3. The van der Waals surface area contributed by atoms with Crippen molar-refractivity contribution in [3.05, 3.63) is 117 Å². The summed E-state index contributed by atoms with van der Waals surface area (Å²) in [5.41, 5.74) is 5.20. The molecule has 0 amide bonds. The summed E-state index contributed by atoms with van der Waals surface area (Å²) in [4.78, 5) is 18.3. The molecule has 0 N–H and O–H groups in total. The molecule has 6 aromatic rings. The average Bonchev–Trinajstić information content (AvgIpc) is 3.52. The zero-order chi connectivity index (χ0) is 24.8. The van der Waals surface area contributed by atoms with E-state index >= 15 is 0 Å². The van der Waals surface area contributed by atoms with Crippen LogP contribution in [-0.4, -0.2) is 20.4 Å². The summed E-state index contributed by atoms with van der Waals surface area (Å²) < 4.78 is 9.37. The lowest BCUT2D eigenvalue weighted by molar-refractivity contribution is 0.616. The highest BCUT2D eigenvalue weighted by molar-refractivity contribution is 6.31. The second-order valence-corrected chi connectivity index (χ2v) is 9.11. The van der Waals surface area contributed by atoms with Crippen molar-refractivity contribution in [3.63, 3.8) is 0 Å². The Bertz CT molecular complexity index is 1860. The van der Waals surface area contributed by atoms with Crippen LogP contribution in [0.2, 0.25) is 5.02 Å². The Morgan fingerprint density at radius 1 is 0.944 bits per heavy atom. The second-order valence-electron chi connectivity index (χ2n) is 8.68. The van der Waals surface area contributed by atoms with Gasteiger partial charge in [0.25, 0.3) is 5.56 Å². The molecule has 3 aromatic heterocycles. The highest BCUT2D eigenvalue weighted by atomic mass is 35.5. The Labute approximate surface area is 211 Å². The number of furan rings is 1. The van der Waals surface area contributed by atoms with Gasteiger partial charge in [-0.05, 0) is 85.6 Å². The standard InChI is InChI=1S/C29H21ClN4O2/c1-18-9-11-22(14-19(18)2)33-13-5-6-23(33)17-31-34-28(32-25-8-4-3-7-24(25)29(34)35)27-16-20-15-21(30)10-12-26(20)36-27/h3-17H,1-2H3. The lowest BCUT2D eigenvalue weighted by atomic mass is 10.1. The van der Waals surface area contributed by atoms with E-state index in [4.69, 9.17) is 21.0 Å². The fourth-order valence-corrected chi connectivity index (χ4v) is 4.42. The molecule has 3 aromatic carbocycles. The fourth-order valence-electron chi connectivity index (χ4n) is 4.24. The number of aryl methyl sites for hydroxylation is 2. The summed E-state index contributed by atoms with van der Waals surface area (Å²) in [5.74, 6) is 0.739. The van der Waals surface area contributed by atoms with E-state index in [0.29, 0.717) is 33.1 Å². The van der Waals surface area contributed by atoms with Crippen molar-refractivity contribution in [3.8, 4) is 17.3 Å². The first-order valence-electron chi connectivity index (χ1n) is 11.5. The van der Waals surface area contributed by atoms with Crippen molar-refractivity contribution in [2.45, 2.75) is 13.8 Å². The SMILES string of the molecule is Cc1ccc(-n2cccc2C=Nn2c(-c3cc4cc(Cl)ccc4o3)nc3ccccc3c2=O)cc1C. The van der Waals surface area contributed by atoms with Gasteiger partial charge in [0.2, 0.25) is 5.82 Å². The van der Waals surface area contributed by atoms with E-state index in [1.165, 1.54) is 15.8 Å². The van der Waals surface area contributed by atoms with E-state index < -0.39 is 0 Å². The monoisotopic (exact) mass is 492 g/mol. The molecule has 0 saturated heterocycles. The maximum absolute atomic E-state index is 13.5. The number of aromatic nitrogens is 3. The fraction of sp³-hybridized carbons (Fsp3) is 0.0690. The van der Waals surface area contributed by atoms with Crippen LogP contribution in [0.25, 0.3) is 39.1 Å². The summed E-state index contributed by atoms with van der Waals surface area (Å²) in [6, 6.07) is 24.6. The van der Waals surface area contributed by atoms with Gasteiger partial charge < -0.3 is 8.98 Å². The molecule has 36 heavy (non-hydrogen) atoms. The smallest absolute Gasteiger partial charge is 0.282 e. The van der Waals surface area contributed by atoms with Gasteiger partial charge in [0.05, 0.1) is 22.8 Å². The van der Waals surface area contributed by atoms with Crippen molar-refractivity contribution in [1.82, 2.24) is 14.2 Å². The Hall–Kier alpha value is -4.42. The third-order valence-corrected chi connectivity index (χ3v) is 6.54. The Morgan fingerprint density at radius 3 is 2.67 bits per heavy atom. The number of rotatable bonds is 4. The zero-order valence-corrected chi connectivity index (χ0v) is 20.4. The van der Waals surface area contributed by atoms with Gasteiger partial charge in [-0.15, -0.1) is 0 Å². The maximum atomic E-state index is 13.5. The van der Waals surface area contributed by atoms with Crippen LogP contribution in [0.5, 0.6) is 0 Å². The molecule has 0 saturated carbocycles. The largest absolute Gasteiger partial charge is 0.453 e. The first-order valence-corrected chi connectivity index (χ1v) is 11.9. The van der Waals surface area contributed by atoms with Crippen LogP contribution in [0.4, 0.5) is 0 Å². The van der Waals surface area contributed by atoms with Crippen molar-refractivity contribution < 1.29 is 4.42 Å². The average molecular weight is 493 g/mol. The van der Waals surface area contributed by atoms with Gasteiger partial charge in [0, 0.05) is 22.3 Å². The summed E-state index contributed by atoms with van der Waals surface area (Å²) >= 11 is 6.16. The first-order chi connectivity index (χ1) is 17.5. The molecule has 0 spiro atoms. The Balaban J connectivity index is 1.52. The Kier molecular flexibility index (Phi) is 5.31. The van der Waals surface area contributed by atoms with Crippen LogP contribution in [0.15, 0.2) is 99.4 Å². The second kappa shape index (κ2) is 8.66. The lowest BCUT2D eigenvalue weighted by Crippen LogP contribution is -2.20. The summed E-state index contributed by atoms with van der Waals surface area (Å²) in [6.45, 7) is 4.17. The third-order valence-electron chi connectivity index (χ3n) is 6.31. The van der Waals surface area contributed by atoms with Gasteiger partial charge in [-0.3, -0.25) is 4.79 Å². The molecule has 0 radical (unpaired) electrons. The van der Waals surface area contributed by atoms with Crippen molar-refractivity contribution in [1.29, 1.82) is 0 Å². The summed E-state index contributed by atoms with van der Waals surface area (Å²) in [5, 5.41) is 6.49. The van der Waals surface area contributed by atoms with Crippen LogP contribution in [0.3, 0.4) is 0 Å². The molecular weight excluding hydrogens is 472 g/mol. The summed E-state index contributed by atoms with van der Waals surface area (Å²) in [6.07, 6.45) is 3.63. The molecule has 6 nitrogen and oxygen atoms in total. The third kappa shape index (κ3) is 3.82. The molecule has 7 heteroatoms. The number of fused-ring (bicyclic) bond motifs is 2. The molecule has 0 aliphatic heterocycles. The minimum atomic E-state index is -0.283. The predicted molar refractivity (Wildman–Crippen MR) is 144 cm³/mol. The number of para-hydroxylation sites is 1. The van der Waals surface area contributed by atoms with Crippen LogP contribution in [0.1, 0.15) is 16.8 Å². The topological polar surface area (TPSA) is 65.3 Å². The molecule has 3 heterocycles. The molecule has 176 valence electrons. The number of hydrogen-bond donors (Lipinski definition) is 0. The number of nitrogens with zero attached hydrogens (tertiary/aromatic N) is 4. The van der Waals surface area contributed by atoms with E-state index in [2.05, 4.69) is 37.1 Å². The quantitative estimate of drug-likeness (QED) is 0.255. The molecule has 0 fully saturated rings. The van der Waals surface area contributed by atoms with Crippen molar-refractivity contribution in [2.24, 2.45) is 5.10 Å². The van der Waals surface area contributed by atoms with Gasteiger partial charge in [0.1, 0.15) is 5.58 Å². The van der Waals surface area contributed by atoms with Crippen LogP contribution in [0, 0.1) is 13.8 Å². The van der Waals surface area contributed by atoms with Crippen molar-refractivity contribution >= 4 is 39.7 Å². The summed E-state index contributed by atoms with van der Waals surface area (Å²) in [7, 11) is 0. The van der Waals surface area contributed by atoms with Crippen LogP contribution >= 0.6 is 11.6 Å². The minimum Gasteiger partial charge on any atom is -0.453 e. The predicted octanol–water partition coefficient (Wildman–Crippen LogP) is 6.75. The molecule has 0 aliphatic carbocycles. The van der Waals surface area contributed by atoms with Gasteiger partial charge in [-0.25, -0.2) is 4.98 Å². The normalized spacial score (nSPS) is 11.8. The highest BCUT2D eigenvalue weighted by Crippen LogP contribution is 2.29.